The summed E-state index contributed by atoms with van der Waals surface area (Å²) in [7, 11) is -3.72. The van der Waals surface area contributed by atoms with Gasteiger partial charge in [-0.1, -0.05) is 42.6 Å². The molecule has 2 atom stereocenters. The van der Waals surface area contributed by atoms with Crippen LogP contribution in [0.5, 0.6) is 0 Å². The van der Waals surface area contributed by atoms with Gasteiger partial charge in [0.15, 0.2) is 9.84 Å². The van der Waals surface area contributed by atoms with E-state index in [1.807, 2.05) is 6.07 Å². The van der Waals surface area contributed by atoms with Crippen LogP contribution >= 0.6 is 15.9 Å². The fraction of sp³-hybridized carbons (Fsp3) is 0.619. The van der Waals surface area contributed by atoms with Crippen molar-refractivity contribution in [3.63, 3.8) is 0 Å². The van der Waals surface area contributed by atoms with Crippen LogP contribution in [0.4, 0.5) is 5.69 Å². The molecule has 0 spiro atoms. The lowest BCUT2D eigenvalue weighted by atomic mass is 9.86. The molecule has 1 heterocycles. The summed E-state index contributed by atoms with van der Waals surface area (Å²) >= 11 is 3.39. The Morgan fingerprint density at radius 3 is 2.66 bits per heavy atom. The highest BCUT2D eigenvalue weighted by Crippen LogP contribution is 2.38. The standard InChI is InChI=1S/C21H29BrN2O4S/c1-3-20(26)24-10-8-15-12-16(22)13-18(21(15)24)29(27,28)11-9-19(25)23-17-7-5-4-6-14(17)2/h12-14,17H,3-11H2,1-2H3,(H,23,25)/t14-,17-/m1/s1. The average Bonchev–Trinajstić information content (AvgIpc) is 3.10. The summed E-state index contributed by atoms with van der Waals surface area (Å²) < 4.78 is 26.9. The van der Waals surface area contributed by atoms with Gasteiger partial charge in [0.1, 0.15) is 0 Å². The van der Waals surface area contributed by atoms with Crippen molar-refractivity contribution < 1.29 is 18.0 Å². The van der Waals surface area contributed by atoms with E-state index in [1.165, 1.54) is 6.42 Å². The van der Waals surface area contributed by atoms with E-state index in [2.05, 4.69) is 28.2 Å². The van der Waals surface area contributed by atoms with Gasteiger partial charge in [0, 0.05) is 29.9 Å². The van der Waals surface area contributed by atoms with E-state index < -0.39 is 9.84 Å². The fourth-order valence-corrected chi connectivity index (χ4v) is 6.47. The normalized spacial score (nSPS) is 21.7. The number of sulfone groups is 1. The largest absolute Gasteiger partial charge is 0.353 e. The van der Waals surface area contributed by atoms with Crippen LogP contribution in [0, 0.1) is 5.92 Å². The maximum atomic E-state index is 13.1. The van der Waals surface area contributed by atoms with E-state index in [0.29, 0.717) is 35.5 Å². The summed E-state index contributed by atoms with van der Waals surface area (Å²) in [5.41, 5.74) is 1.33. The number of nitrogens with zero attached hydrogens (tertiary/aromatic N) is 1. The molecule has 3 rings (SSSR count). The number of fused-ring (bicyclic) bond motifs is 1. The summed E-state index contributed by atoms with van der Waals surface area (Å²) in [6.07, 6.45) is 5.19. The van der Waals surface area contributed by atoms with Crippen molar-refractivity contribution in [2.75, 3.05) is 17.2 Å². The molecule has 0 bridgehead atoms. The van der Waals surface area contributed by atoms with Crippen LogP contribution in [0.15, 0.2) is 21.5 Å². The van der Waals surface area contributed by atoms with Gasteiger partial charge in [-0.15, -0.1) is 0 Å². The molecule has 8 heteroatoms. The van der Waals surface area contributed by atoms with Crippen LogP contribution in [0.25, 0.3) is 0 Å². The summed E-state index contributed by atoms with van der Waals surface area (Å²) in [5.74, 6) is -0.157. The zero-order valence-corrected chi connectivity index (χ0v) is 19.4. The first-order valence-electron chi connectivity index (χ1n) is 10.4. The lowest BCUT2D eigenvalue weighted by molar-refractivity contribution is -0.122. The first kappa shape index (κ1) is 22.3. The third-order valence-electron chi connectivity index (χ3n) is 5.99. The number of nitrogens with one attached hydrogen (secondary N) is 1. The minimum absolute atomic E-state index is 0.0748. The molecule has 0 unspecified atom stereocenters. The van der Waals surface area contributed by atoms with Gasteiger partial charge in [0.05, 0.1) is 16.3 Å². The monoisotopic (exact) mass is 484 g/mol. The third kappa shape index (κ3) is 5.02. The average molecular weight is 485 g/mol. The van der Waals surface area contributed by atoms with Gasteiger partial charge in [-0.3, -0.25) is 9.59 Å². The number of hydrogen-bond acceptors (Lipinski definition) is 4. The molecule has 1 saturated carbocycles. The van der Waals surface area contributed by atoms with Crippen molar-refractivity contribution in [3.8, 4) is 0 Å². The molecule has 6 nitrogen and oxygen atoms in total. The maximum Gasteiger partial charge on any atom is 0.226 e. The van der Waals surface area contributed by atoms with Crippen molar-refractivity contribution in [1.82, 2.24) is 5.32 Å². The van der Waals surface area contributed by atoms with Gasteiger partial charge in [-0.2, -0.15) is 0 Å². The number of rotatable bonds is 6. The highest BCUT2D eigenvalue weighted by atomic mass is 79.9. The van der Waals surface area contributed by atoms with E-state index in [-0.39, 0.29) is 34.9 Å². The Kier molecular flexibility index (Phi) is 7.04. The smallest absolute Gasteiger partial charge is 0.226 e. The van der Waals surface area contributed by atoms with Crippen LogP contribution in [0.2, 0.25) is 0 Å². The zero-order valence-electron chi connectivity index (χ0n) is 17.0. The van der Waals surface area contributed by atoms with Crippen LogP contribution in [0.3, 0.4) is 0 Å². The van der Waals surface area contributed by atoms with E-state index in [1.54, 1.807) is 17.9 Å². The summed E-state index contributed by atoms with van der Waals surface area (Å²) in [6, 6.07) is 3.55. The summed E-state index contributed by atoms with van der Waals surface area (Å²) in [4.78, 5) is 26.4. The molecule has 2 aliphatic rings. The number of halogens is 1. The lowest BCUT2D eigenvalue weighted by Crippen LogP contribution is -2.41. The molecular formula is C21H29BrN2O4S. The summed E-state index contributed by atoms with van der Waals surface area (Å²) in [6.45, 7) is 4.38. The molecule has 1 aliphatic carbocycles. The van der Waals surface area contributed by atoms with Crippen molar-refractivity contribution in [2.45, 2.75) is 69.7 Å². The first-order valence-corrected chi connectivity index (χ1v) is 12.8. The maximum absolute atomic E-state index is 13.1. The second kappa shape index (κ2) is 9.16. The number of amides is 2. The fourth-order valence-electron chi connectivity index (χ4n) is 4.29. The minimum Gasteiger partial charge on any atom is -0.353 e. The Labute approximate surface area is 181 Å². The molecule has 1 aromatic carbocycles. The van der Waals surface area contributed by atoms with Crippen molar-refractivity contribution in [2.24, 2.45) is 5.92 Å². The molecule has 1 aliphatic heterocycles. The van der Waals surface area contributed by atoms with Crippen molar-refractivity contribution >= 4 is 43.3 Å². The second-order valence-electron chi connectivity index (χ2n) is 8.07. The van der Waals surface area contributed by atoms with E-state index >= 15 is 0 Å². The molecular weight excluding hydrogens is 456 g/mol. The molecule has 0 aromatic heterocycles. The number of anilines is 1. The molecule has 2 amide bonds. The van der Waals surface area contributed by atoms with Gasteiger partial charge in [0.25, 0.3) is 0 Å². The molecule has 1 N–H and O–H groups in total. The van der Waals surface area contributed by atoms with Gasteiger partial charge < -0.3 is 10.2 Å². The highest BCUT2D eigenvalue weighted by Gasteiger charge is 2.32. The second-order valence-corrected chi connectivity index (χ2v) is 11.1. The predicted octanol–water partition coefficient (Wildman–Crippen LogP) is 3.61. The Bertz CT molecular complexity index is 900. The lowest BCUT2D eigenvalue weighted by Gasteiger charge is -2.29. The van der Waals surface area contributed by atoms with Crippen LogP contribution < -0.4 is 10.2 Å². The van der Waals surface area contributed by atoms with E-state index in [9.17, 15) is 18.0 Å². The Hall–Kier alpha value is -1.41. The van der Waals surface area contributed by atoms with E-state index in [0.717, 1.165) is 24.8 Å². The number of hydrogen-bond donors (Lipinski definition) is 1. The Morgan fingerprint density at radius 2 is 1.97 bits per heavy atom. The van der Waals surface area contributed by atoms with Crippen molar-refractivity contribution in [1.29, 1.82) is 0 Å². The summed E-state index contributed by atoms with van der Waals surface area (Å²) in [5, 5.41) is 3.02. The molecule has 0 radical (unpaired) electrons. The highest BCUT2D eigenvalue weighted by molar-refractivity contribution is 9.10. The van der Waals surface area contributed by atoms with Crippen LogP contribution in [-0.2, 0) is 25.8 Å². The van der Waals surface area contributed by atoms with Crippen LogP contribution in [0.1, 0.15) is 57.9 Å². The molecule has 29 heavy (non-hydrogen) atoms. The molecule has 0 saturated heterocycles. The Morgan fingerprint density at radius 1 is 1.24 bits per heavy atom. The Balaban J connectivity index is 1.76. The molecule has 1 aromatic rings. The number of benzene rings is 1. The van der Waals surface area contributed by atoms with E-state index in [4.69, 9.17) is 0 Å². The SMILES string of the molecule is CCC(=O)N1CCc2cc(Br)cc(S(=O)(=O)CCC(=O)N[C@@H]3CCCC[C@H]3C)c21. The quantitative estimate of drug-likeness (QED) is 0.668. The number of carbonyl (C=O) groups is 2. The number of carbonyl (C=O) groups excluding carboxylic acids is 2. The molecule has 1 fully saturated rings. The topological polar surface area (TPSA) is 83.6 Å². The minimum atomic E-state index is -3.72. The predicted molar refractivity (Wildman–Crippen MR) is 117 cm³/mol. The van der Waals surface area contributed by atoms with Crippen molar-refractivity contribution in [3.05, 3.63) is 22.2 Å². The van der Waals surface area contributed by atoms with Crippen LogP contribution in [-0.4, -0.2) is 38.6 Å². The third-order valence-corrected chi connectivity index (χ3v) is 8.17. The van der Waals surface area contributed by atoms with Gasteiger partial charge >= 0.3 is 0 Å². The molecule has 160 valence electrons. The first-order chi connectivity index (χ1) is 13.7. The zero-order chi connectivity index (χ0) is 21.2. The van der Waals surface area contributed by atoms with Gasteiger partial charge in [0.2, 0.25) is 11.8 Å². The van der Waals surface area contributed by atoms with Gasteiger partial charge in [-0.25, -0.2) is 8.42 Å². The van der Waals surface area contributed by atoms with Gasteiger partial charge in [-0.05, 0) is 42.9 Å².